The summed E-state index contributed by atoms with van der Waals surface area (Å²) >= 11 is 10.0. The zero-order valence-electron chi connectivity index (χ0n) is 14.9. The van der Waals surface area contributed by atoms with Gasteiger partial charge in [-0.1, -0.05) is 58.1 Å². The highest BCUT2D eigenvalue weighted by Crippen LogP contribution is 2.37. The Hall–Kier alpha value is -2.16. The summed E-state index contributed by atoms with van der Waals surface area (Å²) in [5, 5.41) is 0. The Morgan fingerprint density at radius 3 is 2.71 bits per heavy atom. The van der Waals surface area contributed by atoms with Crippen molar-refractivity contribution in [1.29, 1.82) is 0 Å². The van der Waals surface area contributed by atoms with Gasteiger partial charge in [-0.25, -0.2) is 4.79 Å². The van der Waals surface area contributed by atoms with Gasteiger partial charge < -0.3 is 9.47 Å². The Bertz CT molecular complexity index is 946. The predicted octanol–water partition coefficient (Wildman–Crippen LogP) is 4.80. The van der Waals surface area contributed by atoms with Gasteiger partial charge in [0.05, 0.1) is 17.2 Å². The molecule has 1 saturated heterocycles. The van der Waals surface area contributed by atoms with Gasteiger partial charge in [0.25, 0.3) is 5.91 Å². The van der Waals surface area contributed by atoms with Gasteiger partial charge in [-0.3, -0.25) is 9.69 Å². The normalized spacial score (nSPS) is 15.2. The molecule has 0 aromatic heterocycles. The number of halogens is 1. The van der Waals surface area contributed by atoms with Crippen LogP contribution in [0.2, 0.25) is 0 Å². The highest BCUT2D eigenvalue weighted by Gasteiger charge is 2.33. The molecule has 1 heterocycles. The van der Waals surface area contributed by atoms with Gasteiger partial charge >= 0.3 is 5.97 Å². The monoisotopic (exact) mass is 477 g/mol. The Balaban J connectivity index is 1.87. The van der Waals surface area contributed by atoms with E-state index in [0.717, 1.165) is 10.2 Å². The topological polar surface area (TPSA) is 55.8 Å². The van der Waals surface area contributed by atoms with Gasteiger partial charge in [-0.15, -0.1) is 0 Å². The molecule has 0 unspecified atom stereocenters. The smallest absolute Gasteiger partial charge is 0.344 e. The Morgan fingerprint density at radius 2 is 2.00 bits per heavy atom. The van der Waals surface area contributed by atoms with Crippen molar-refractivity contribution in [2.24, 2.45) is 0 Å². The maximum atomic E-state index is 12.9. The van der Waals surface area contributed by atoms with Crippen molar-refractivity contribution < 1.29 is 19.1 Å². The van der Waals surface area contributed by atoms with E-state index in [1.165, 1.54) is 16.7 Å². The molecule has 0 saturated carbocycles. The van der Waals surface area contributed by atoms with E-state index < -0.39 is 5.97 Å². The molecule has 1 aliphatic heterocycles. The van der Waals surface area contributed by atoms with Crippen molar-refractivity contribution in [3.05, 3.63) is 63.5 Å². The van der Waals surface area contributed by atoms with E-state index in [9.17, 15) is 9.59 Å². The van der Waals surface area contributed by atoms with Gasteiger partial charge in [0, 0.05) is 10.0 Å². The lowest BCUT2D eigenvalue weighted by Crippen LogP contribution is -2.27. The minimum Gasteiger partial charge on any atom is -0.481 e. The summed E-state index contributed by atoms with van der Waals surface area (Å²) in [6, 6.07) is 14.6. The van der Waals surface area contributed by atoms with E-state index in [0.29, 0.717) is 20.5 Å². The first-order valence-corrected chi connectivity index (χ1v) is 10.4. The van der Waals surface area contributed by atoms with E-state index in [2.05, 4.69) is 15.9 Å². The van der Waals surface area contributed by atoms with Crippen LogP contribution in [0.1, 0.15) is 12.5 Å². The van der Waals surface area contributed by atoms with Gasteiger partial charge in [0.2, 0.25) is 0 Å². The number of carbonyl (C=O) groups is 2. The van der Waals surface area contributed by atoms with Crippen molar-refractivity contribution >= 4 is 67.9 Å². The minimum absolute atomic E-state index is 0.197. The summed E-state index contributed by atoms with van der Waals surface area (Å²) in [6.45, 7) is 1.82. The minimum atomic E-state index is -0.452. The molecule has 1 fully saturated rings. The van der Waals surface area contributed by atoms with Gasteiger partial charge in [-0.05, 0) is 43.3 Å². The zero-order chi connectivity index (χ0) is 20.1. The zero-order valence-corrected chi connectivity index (χ0v) is 18.1. The molecule has 0 atom stereocenters. The Morgan fingerprint density at radius 1 is 1.25 bits per heavy atom. The fraction of sp³-hybridized carbons (Fsp3) is 0.150. The fourth-order valence-electron chi connectivity index (χ4n) is 2.51. The molecule has 3 rings (SSSR count). The first kappa shape index (κ1) is 20.6. The molecule has 28 heavy (non-hydrogen) atoms. The molecule has 144 valence electrons. The van der Waals surface area contributed by atoms with E-state index in [1.807, 2.05) is 36.4 Å². The summed E-state index contributed by atoms with van der Waals surface area (Å²) in [5.41, 5.74) is 1.38. The number of nitrogens with zero attached hydrogens (tertiary/aromatic N) is 1. The average Bonchev–Trinajstić information content (AvgIpc) is 2.95. The van der Waals surface area contributed by atoms with Crippen LogP contribution >= 0.6 is 39.9 Å². The van der Waals surface area contributed by atoms with E-state index >= 15 is 0 Å². The first-order chi connectivity index (χ1) is 13.5. The van der Waals surface area contributed by atoms with Crippen LogP contribution < -0.4 is 9.64 Å². The van der Waals surface area contributed by atoms with Crippen molar-refractivity contribution in [1.82, 2.24) is 0 Å². The lowest BCUT2D eigenvalue weighted by molar-refractivity contribution is -0.145. The number of para-hydroxylation sites is 1. The number of thioether (sulfide) groups is 1. The molecule has 2 aromatic rings. The van der Waals surface area contributed by atoms with Crippen molar-refractivity contribution in [3.8, 4) is 5.75 Å². The van der Waals surface area contributed by atoms with E-state index in [1.54, 1.807) is 25.1 Å². The van der Waals surface area contributed by atoms with Crippen LogP contribution in [0.25, 0.3) is 6.08 Å². The van der Waals surface area contributed by atoms with Crippen molar-refractivity contribution in [3.63, 3.8) is 0 Å². The van der Waals surface area contributed by atoms with E-state index in [4.69, 9.17) is 21.7 Å². The molecule has 0 radical (unpaired) electrons. The largest absolute Gasteiger partial charge is 0.481 e. The third-order valence-electron chi connectivity index (χ3n) is 3.72. The lowest BCUT2D eigenvalue weighted by Gasteiger charge is -2.14. The molecular weight excluding hydrogens is 462 g/mol. The van der Waals surface area contributed by atoms with Gasteiger partial charge in [0.15, 0.2) is 10.9 Å². The molecule has 2 aromatic carbocycles. The van der Waals surface area contributed by atoms with Crippen LogP contribution in [0.5, 0.6) is 5.75 Å². The lowest BCUT2D eigenvalue weighted by atomic mass is 10.2. The second-order valence-electron chi connectivity index (χ2n) is 5.63. The van der Waals surface area contributed by atoms with Crippen LogP contribution in [0, 0.1) is 0 Å². The third kappa shape index (κ3) is 4.81. The number of benzene rings is 2. The number of hydrogen-bond acceptors (Lipinski definition) is 6. The Labute approximate surface area is 180 Å². The van der Waals surface area contributed by atoms with Crippen LogP contribution in [0.15, 0.2) is 57.9 Å². The average molecular weight is 478 g/mol. The van der Waals surface area contributed by atoms with Crippen LogP contribution in [0.3, 0.4) is 0 Å². The molecule has 1 aliphatic rings. The quantitative estimate of drug-likeness (QED) is 0.338. The van der Waals surface area contributed by atoms with Gasteiger partial charge in [-0.2, -0.15) is 0 Å². The van der Waals surface area contributed by atoms with Crippen molar-refractivity contribution in [2.75, 3.05) is 18.1 Å². The second-order valence-corrected chi connectivity index (χ2v) is 8.22. The molecule has 0 bridgehead atoms. The standard InChI is InChI=1S/C20H16BrNO4S2/c1-2-25-18(23)12-26-16-9-8-14(21)10-13(16)11-17-19(24)22(20(27)28-17)15-6-4-3-5-7-15/h3-11H,2,12H2,1H3/b17-11+. The highest BCUT2D eigenvalue weighted by atomic mass is 79.9. The summed E-state index contributed by atoms with van der Waals surface area (Å²) in [6.07, 6.45) is 1.72. The molecule has 8 heteroatoms. The number of ether oxygens (including phenoxy) is 2. The second kappa shape index (κ2) is 9.36. The van der Waals surface area contributed by atoms with Gasteiger partial charge in [0.1, 0.15) is 5.75 Å². The number of anilines is 1. The van der Waals surface area contributed by atoms with Crippen LogP contribution in [0.4, 0.5) is 5.69 Å². The number of thiocarbonyl (C=S) groups is 1. The molecule has 5 nitrogen and oxygen atoms in total. The summed E-state index contributed by atoms with van der Waals surface area (Å²) < 4.78 is 11.8. The predicted molar refractivity (Wildman–Crippen MR) is 118 cm³/mol. The van der Waals surface area contributed by atoms with Crippen LogP contribution in [-0.4, -0.2) is 29.4 Å². The first-order valence-electron chi connectivity index (χ1n) is 8.40. The summed E-state index contributed by atoms with van der Waals surface area (Å²) in [7, 11) is 0. The number of hydrogen-bond donors (Lipinski definition) is 0. The maximum absolute atomic E-state index is 12.9. The van der Waals surface area contributed by atoms with E-state index in [-0.39, 0.29) is 19.1 Å². The Kier molecular flexibility index (Phi) is 6.88. The number of esters is 1. The summed E-state index contributed by atoms with van der Waals surface area (Å²) in [4.78, 5) is 26.5. The SMILES string of the molecule is CCOC(=O)COc1ccc(Br)cc1/C=C1/SC(=S)N(c2ccccc2)C1=O. The summed E-state index contributed by atoms with van der Waals surface area (Å²) in [5.74, 6) is -0.175. The molecule has 0 N–H and O–H groups in total. The molecule has 0 spiro atoms. The molecular formula is C20H16BrNO4S2. The third-order valence-corrected chi connectivity index (χ3v) is 5.51. The number of rotatable bonds is 6. The molecule has 0 aliphatic carbocycles. The highest BCUT2D eigenvalue weighted by molar-refractivity contribution is 9.10. The number of amides is 1. The molecule has 1 amide bonds. The van der Waals surface area contributed by atoms with Crippen molar-refractivity contribution in [2.45, 2.75) is 6.92 Å². The fourth-order valence-corrected chi connectivity index (χ4v) is 4.18. The van der Waals surface area contributed by atoms with Crippen LogP contribution in [-0.2, 0) is 14.3 Å². The number of carbonyl (C=O) groups excluding carboxylic acids is 2. The maximum Gasteiger partial charge on any atom is 0.344 e.